The summed E-state index contributed by atoms with van der Waals surface area (Å²) < 4.78 is 1.21. The van der Waals surface area contributed by atoms with Gasteiger partial charge in [0.25, 0.3) is 0 Å². The van der Waals surface area contributed by atoms with Crippen molar-refractivity contribution in [1.82, 2.24) is 0 Å². The molecule has 0 heterocycles. The predicted octanol–water partition coefficient (Wildman–Crippen LogP) is 4.57. The zero-order valence-electron chi connectivity index (χ0n) is 7.40. The van der Waals surface area contributed by atoms with E-state index < -0.39 is 0 Å². The van der Waals surface area contributed by atoms with Gasteiger partial charge in [-0.15, -0.1) is 0 Å². The summed E-state index contributed by atoms with van der Waals surface area (Å²) in [5.74, 6) is 3.20. The summed E-state index contributed by atoms with van der Waals surface area (Å²) in [4.78, 5) is 0. The van der Waals surface area contributed by atoms with E-state index in [-0.39, 0.29) is 0 Å². The molecule has 4 aliphatic rings. The largest absolute Gasteiger partial charge is 0.0907 e. The summed E-state index contributed by atoms with van der Waals surface area (Å²) in [6, 6.07) is 0. The van der Waals surface area contributed by atoms with Crippen molar-refractivity contribution in [2.24, 2.45) is 17.8 Å². The Morgan fingerprint density at radius 1 is 0.846 bits per heavy atom. The molecule has 13 heavy (non-hydrogen) atoms. The van der Waals surface area contributed by atoms with Crippen molar-refractivity contribution in [2.75, 3.05) is 0 Å². The van der Waals surface area contributed by atoms with E-state index in [1.807, 2.05) is 0 Å². The van der Waals surface area contributed by atoms with Crippen molar-refractivity contribution in [3.05, 3.63) is 0 Å². The Kier molecular flexibility index (Phi) is 2.47. The molecular formula is C10H13I3. The standard InChI is InChI=1S/C10H13I3/c11-9-4-6-1-7(5-9)3-8(2-6)10(9,12)13/h6-8H,1-5H2. The number of alkyl halides is 3. The van der Waals surface area contributed by atoms with Crippen LogP contribution in [-0.2, 0) is 0 Å². The molecule has 0 aromatic rings. The minimum absolute atomic E-state index is 0.566. The van der Waals surface area contributed by atoms with Crippen molar-refractivity contribution in [2.45, 2.75) is 37.0 Å². The summed E-state index contributed by atoms with van der Waals surface area (Å²) in [6.07, 6.45) is 7.64. The van der Waals surface area contributed by atoms with Gasteiger partial charge in [0.15, 0.2) is 0 Å². The molecule has 0 amide bonds. The predicted molar refractivity (Wildman–Crippen MR) is 81.1 cm³/mol. The number of hydrogen-bond acceptors (Lipinski definition) is 0. The number of halogens is 3. The first-order valence-electron chi connectivity index (χ1n) is 5.08. The highest BCUT2D eigenvalue weighted by molar-refractivity contribution is 14.2. The van der Waals surface area contributed by atoms with Crippen LogP contribution in [0.2, 0.25) is 0 Å². The first-order valence-corrected chi connectivity index (χ1v) is 8.31. The van der Waals surface area contributed by atoms with Crippen LogP contribution < -0.4 is 0 Å². The lowest BCUT2D eigenvalue weighted by Crippen LogP contribution is -2.59. The van der Waals surface area contributed by atoms with Gasteiger partial charge < -0.3 is 0 Å². The first-order chi connectivity index (χ1) is 6.01. The van der Waals surface area contributed by atoms with Crippen LogP contribution in [-0.4, -0.2) is 4.85 Å². The molecule has 0 aromatic heterocycles. The topological polar surface area (TPSA) is 0 Å². The minimum Gasteiger partial charge on any atom is -0.0765 e. The average Bonchev–Trinajstić information content (AvgIpc) is 1.99. The molecular weight excluding hydrogens is 501 g/mol. The fourth-order valence-electron chi connectivity index (χ4n) is 3.83. The summed E-state index contributed by atoms with van der Waals surface area (Å²) >= 11 is 8.31. The van der Waals surface area contributed by atoms with Crippen LogP contribution in [0.4, 0.5) is 0 Å². The summed E-state index contributed by atoms with van der Waals surface area (Å²) in [5, 5.41) is 0. The van der Waals surface area contributed by atoms with E-state index in [2.05, 4.69) is 67.8 Å². The maximum absolute atomic E-state index is 2.79. The molecule has 0 saturated heterocycles. The second kappa shape index (κ2) is 3.11. The zero-order valence-corrected chi connectivity index (χ0v) is 13.9. The Hall–Kier alpha value is 2.19. The quantitative estimate of drug-likeness (QED) is 0.329. The Labute approximate surface area is 121 Å². The van der Waals surface area contributed by atoms with Crippen molar-refractivity contribution in [3.63, 3.8) is 0 Å². The van der Waals surface area contributed by atoms with E-state index in [1.54, 1.807) is 6.42 Å². The molecule has 0 aromatic carbocycles. The first kappa shape index (κ1) is 10.4. The van der Waals surface area contributed by atoms with Crippen LogP contribution in [0.1, 0.15) is 32.1 Å². The van der Waals surface area contributed by atoms with Crippen LogP contribution in [0.3, 0.4) is 0 Å². The van der Waals surface area contributed by atoms with Gasteiger partial charge in [0.2, 0.25) is 0 Å². The van der Waals surface area contributed by atoms with Gasteiger partial charge in [-0.05, 0) is 49.9 Å². The average molecular weight is 514 g/mol. The van der Waals surface area contributed by atoms with E-state index in [1.165, 1.54) is 25.7 Å². The van der Waals surface area contributed by atoms with Gasteiger partial charge in [-0.1, -0.05) is 67.8 Å². The monoisotopic (exact) mass is 514 g/mol. The van der Waals surface area contributed by atoms with Gasteiger partial charge >= 0.3 is 0 Å². The lowest BCUT2D eigenvalue weighted by Gasteiger charge is -2.61. The maximum Gasteiger partial charge on any atom is 0.0907 e. The molecule has 0 N–H and O–H groups in total. The van der Waals surface area contributed by atoms with Crippen molar-refractivity contribution >= 4 is 67.8 Å². The van der Waals surface area contributed by atoms with Gasteiger partial charge in [0, 0.05) is 3.42 Å². The molecule has 4 saturated carbocycles. The van der Waals surface area contributed by atoms with Crippen LogP contribution in [0, 0.1) is 17.8 Å². The summed E-state index contributed by atoms with van der Waals surface area (Å²) in [6.45, 7) is 0. The van der Waals surface area contributed by atoms with E-state index in [4.69, 9.17) is 0 Å². The summed E-state index contributed by atoms with van der Waals surface area (Å²) in [5.41, 5.74) is 0. The van der Waals surface area contributed by atoms with E-state index in [0.717, 1.165) is 17.8 Å². The van der Waals surface area contributed by atoms with Gasteiger partial charge in [-0.3, -0.25) is 0 Å². The highest BCUT2D eigenvalue weighted by Crippen LogP contribution is 2.69. The fraction of sp³-hybridized carbons (Fsp3) is 1.00. The highest BCUT2D eigenvalue weighted by Gasteiger charge is 2.62. The molecule has 4 rings (SSSR count). The maximum atomic E-state index is 2.79. The molecule has 0 radical (unpaired) electrons. The van der Waals surface area contributed by atoms with Crippen LogP contribution in [0.5, 0.6) is 0 Å². The van der Waals surface area contributed by atoms with Gasteiger partial charge in [-0.2, -0.15) is 0 Å². The van der Waals surface area contributed by atoms with E-state index in [0.29, 0.717) is 4.85 Å². The molecule has 0 spiro atoms. The van der Waals surface area contributed by atoms with Gasteiger partial charge in [-0.25, -0.2) is 0 Å². The second-order valence-electron chi connectivity index (χ2n) is 5.13. The molecule has 0 nitrogen and oxygen atoms in total. The SMILES string of the molecule is IC12CC3CC(CC(C3)C1(I)I)C2. The molecule has 0 aliphatic heterocycles. The summed E-state index contributed by atoms with van der Waals surface area (Å²) in [7, 11) is 0. The van der Waals surface area contributed by atoms with Gasteiger partial charge in [0.1, 0.15) is 0 Å². The number of rotatable bonds is 0. The third kappa shape index (κ3) is 1.37. The minimum atomic E-state index is 0.566. The van der Waals surface area contributed by atoms with E-state index >= 15 is 0 Å². The lowest BCUT2D eigenvalue weighted by atomic mass is 9.56. The number of hydrogen-bond donors (Lipinski definition) is 0. The molecule has 4 aliphatic carbocycles. The van der Waals surface area contributed by atoms with Crippen molar-refractivity contribution in [3.8, 4) is 0 Å². The fourth-order valence-corrected chi connectivity index (χ4v) is 7.41. The van der Waals surface area contributed by atoms with E-state index in [9.17, 15) is 0 Å². The highest BCUT2D eigenvalue weighted by atomic mass is 127. The van der Waals surface area contributed by atoms with Gasteiger partial charge in [0.05, 0.1) is 1.43 Å². The molecule has 3 heteroatoms. The third-order valence-corrected chi connectivity index (χ3v) is 11.9. The van der Waals surface area contributed by atoms with Crippen molar-refractivity contribution < 1.29 is 0 Å². The molecule has 74 valence electrons. The Morgan fingerprint density at radius 2 is 1.38 bits per heavy atom. The molecule has 2 unspecified atom stereocenters. The Bertz CT molecular complexity index is 235. The van der Waals surface area contributed by atoms with Crippen molar-refractivity contribution in [1.29, 1.82) is 0 Å². The molecule has 4 bridgehead atoms. The van der Waals surface area contributed by atoms with Crippen LogP contribution in [0.15, 0.2) is 0 Å². The third-order valence-electron chi connectivity index (χ3n) is 4.24. The molecule has 4 fully saturated rings. The Morgan fingerprint density at radius 3 is 1.85 bits per heavy atom. The van der Waals surface area contributed by atoms with Crippen LogP contribution >= 0.6 is 67.8 Å². The Balaban J connectivity index is 2.03. The van der Waals surface area contributed by atoms with Crippen LogP contribution in [0.25, 0.3) is 0 Å². The lowest BCUT2D eigenvalue weighted by molar-refractivity contribution is 0.0519. The normalized spacial score (nSPS) is 57.0. The zero-order chi connectivity index (χ0) is 9.27. The second-order valence-corrected chi connectivity index (χ2v) is 12.7. The molecule has 2 atom stereocenters. The smallest absolute Gasteiger partial charge is 0.0765 e.